The predicted octanol–water partition coefficient (Wildman–Crippen LogP) is 2.72. The van der Waals surface area contributed by atoms with Crippen molar-refractivity contribution in [2.75, 3.05) is 31.6 Å². The van der Waals surface area contributed by atoms with Crippen LogP contribution < -0.4 is 5.32 Å². The summed E-state index contributed by atoms with van der Waals surface area (Å²) in [5.41, 5.74) is 0. The van der Waals surface area contributed by atoms with Gasteiger partial charge in [0.05, 0.1) is 0 Å². The monoisotopic (exact) mass is 244 g/mol. The third-order valence-electron chi connectivity index (χ3n) is 2.94. The summed E-state index contributed by atoms with van der Waals surface area (Å²) < 4.78 is 0. The molecule has 0 radical (unpaired) electrons. The molecule has 1 fully saturated rings. The fraction of sp³-hybridized carbons (Fsp3) is 0.917. The van der Waals surface area contributed by atoms with Gasteiger partial charge in [-0.25, -0.2) is 4.79 Å². The Bertz CT molecular complexity index is 193. The van der Waals surface area contributed by atoms with E-state index in [-0.39, 0.29) is 6.03 Å². The van der Waals surface area contributed by atoms with E-state index < -0.39 is 0 Å². The van der Waals surface area contributed by atoms with Crippen LogP contribution >= 0.6 is 11.8 Å². The maximum atomic E-state index is 11.6. The summed E-state index contributed by atoms with van der Waals surface area (Å²) in [6.45, 7) is 2.73. The lowest BCUT2D eigenvalue weighted by molar-refractivity contribution is 0.208. The molecule has 16 heavy (non-hydrogen) atoms. The van der Waals surface area contributed by atoms with Crippen molar-refractivity contribution in [2.45, 2.75) is 38.5 Å². The van der Waals surface area contributed by atoms with E-state index in [1.165, 1.54) is 37.9 Å². The Balaban J connectivity index is 1.88. The maximum Gasteiger partial charge on any atom is 0.317 e. The molecule has 94 valence electrons. The molecule has 0 aromatic heterocycles. The third kappa shape index (κ3) is 5.64. The lowest BCUT2D eigenvalue weighted by Crippen LogP contribution is -2.38. The van der Waals surface area contributed by atoms with E-state index in [1.807, 2.05) is 16.7 Å². The van der Waals surface area contributed by atoms with Gasteiger partial charge in [-0.15, -0.1) is 0 Å². The molecular weight excluding hydrogens is 220 g/mol. The van der Waals surface area contributed by atoms with E-state index in [0.717, 1.165) is 26.1 Å². The zero-order chi connectivity index (χ0) is 11.6. The van der Waals surface area contributed by atoms with Crippen LogP contribution in [0.2, 0.25) is 0 Å². The first-order valence-electron chi connectivity index (χ1n) is 6.36. The number of thioether (sulfide) groups is 1. The second-order valence-electron chi connectivity index (χ2n) is 4.33. The lowest BCUT2D eigenvalue weighted by Gasteiger charge is -2.15. The van der Waals surface area contributed by atoms with Gasteiger partial charge in [-0.1, -0.05) is 12.8 Å². The van der Waals surface area contributed by atoms with Crippen LogP contribution in [-0.2, 0) is 0 Å². The fourth-order valence-electron chi connectivity index (χ4n) is 1.95. The molecule has 0 aromatic carbocycles. The van der Waals surface area contributed by atoms with Crippen LogP contribution in [0.5, 0.6) is 0 Å². The number of nitrogens with one attached hydrogen (secondary N) is 1. The van der Waals surface area contributed by atoms with Crippen molar-refractivity contribution in [3.8, 4) is 0 Å². The normalized spacial score (nSPS) is 15.4. The minimum Gasteiger partial charge on any atom is -0.338 e. The Labute approximate surface area is 103 Å². The van der Waals surface area contributed by atoms with Gasteiger partial charge in [0.15, 0.2) is 0 Å². The van der Waals surface area contributed by atoms with Gasteiger partial charge in [0.1, 0.15) is 0 Å². The number of carbonyl (C=O) groups is 1. The molecule has 4 heteroatoms. The van der Waals surface area contributed by atoms with Crippen LogP contribution in [0.25, 0.3) is 0 Å². The van der Waals surface area contributed by atoms with Gasteiger partial charge in [-0.3, -0.25) is 0 Å². The molecule has 1 rings (SSSR count). The first kappa shape index (κ1) is 13.7. The first-order valence-corrected chi connectivity index (χ1v) is 7.75. The number of amides is 2. The highest BCUT2D eigenvalue weighted by molar-refractivity contribution is 7.98. The average molecular weight is 244 g/mol. The van der Waals surface area contributed by atoms with E-state index in [2.05, 4.69) is 11.6 Å². The lowest BCUT2D eigenvalue weighted by atomic mass is 10.2. The summed E-state index contributed by atoms with van der Waals surface area (Å²) in [7, 11) is 0. The Morgan fingerprint density at radius 1 is 1.19 bits per heavy atom. The van der Waals surface area contributed by atoms with Gasteiger partial charge in [-0.2, -0.15) is 11.8 Å². The first-order chi connectivity index (χ1) is 7.84. The van der Waals surface area contributed by atoms with Gasteiger partial charge in [0.2, 0.25) is 0 Å². The molecule has 3 nitrogen and oxygen atoms in total. The highest BCUT2D eigenvalue weighted by atomic mass is 32.2. The fourth-order valence-corrected chi connectivity index (χ4v) is 2.45. The number of urea groups is 1. The van der Waals surface area contributed by atoms with Gasteiger partial charge < -0.3 is 10.2 Å². The van der Waals surface area contributed by atoms with Crippen LogP contribution in [0.3, 0.4) is 0 Å². The molecule has 0 atom stereocenters. The van der Waals surface area contributed by atoms with E-state index >= 15 is 0 Å². The van der Waals surface area contributed by atoms with Crippen LogP contribution in [0.1, 0.15) is 38.5 Å². The molecule has 1 N–H and O–H groups in total. The summed E-state index contributed by atoms with van der Waals surface area (Å²) in [6.07, 6.45) is 9.44. The molecule has 0 spiro atoms. The number of unbranched alkanes of at least 4 members (excludes halogenated alkanes) is 3. The summed E-state index contributed by atoms with van der Waals surface area (Å²) in [4.78, 5) is 13.5. The number of hydrogen-bond acceptors (Lipinski definition) is 2. The van der Waals surface area contributed by atoms with Crippen molar-refractivity contribution < 1.29 is 4.79 Å². The molecule has 0 saturated carbocycles. The van der Waals surface area contributed by atoms with Gasteiger partial charge in [0.25, 0.3) is 0 Å². The molecule has 0 aromatic rings. The van der Waals surface area contributed by atoms with E-state index in [0.29, 0.717) is 0 Å². The third-order valence-corrected chi connectivity index (χ3v) is 3.64. The predicted molar refractivity (Wildman–Crippen MR) is 71.1 cm³/mol. The minimum atomic E-state index is 0.140. The SMILES string of the molecule is CSCCCCCCNC(=O)N1CCCC1. The highest BCUT2D eigenvalue weighted by Gasteiger charge is 2.16. The molecular formula is C12H24N2OS. The number of hydrogen-bond donors (Lipinski definition) is 1. The molecule has 0 unspecified atom stereocenters. The molecule has 2 amide bonds. The van der Waals surface area contributed by atoms with Crippen LogP contribution in [0.15, 0.2) is 0 Å². The largest absolute Gasteiger partial charge is 0.338 e. The summed E-state index contributed by atoms with van der Waals surface area (Å²) >= 11 is 1.91. The maximum absolute atomic E-state index is 11.6. The second kappa shape index (κ2) is 8.74. The molecule has 1 aliphatic heterocycles. The van der Waals surface area contributed by atoms with E-state index in [4.69, 9.17) is 0 Å². The molecule has 1 saturated heterocycles. The van der Waals surface area contributed by atoms with Gasteiger partial charge >= 0.3 is 6.03 Å². The summed E-state index contributed by atoms with van der Waals surface area (Å²) in [6, 6.07) is 0.140. The molecule has 0 aliphatic carbocycles. The minimum absolute atomic E-state index is 0.140. The van der Waals surface area contributed by atoms with Crippen molar-refractivity contribution in [3.63, 3.8) is 0 Å². The average Bonchev–Trinajstić information content (AvgIpc) is 2.81. The Hall–Kier alpha value is -0.380. The van der Waals surface area contributed by atoms with E-state index in [1.54, 1.807) is 0 Å². The topological polar surface area (TPSA) is 32.3 Å². The smallest absolute Gasteiger partial charge is 0.317 e. The van der Waals surface area contributed by atoms with Crippen molar-refractivity contribution >= 4 is 17.8 Å². The second-order valence-corrected chi connectivity index (χ2v) is 5.32. The number of nitrogens with zero attached hydrogens (tertiary/aromatic N) is 1. The number of carbonyl (C=O) groups excluding carboxylic acids is 1. The van der Waals surface area contributed by atoms with Crippen molar-refractivity contribution in [1.29, 1.82) is 0 Å². The van der Waals surface area contributed by atoms with Crippen LogP contribution in [0, 0.1) is 0 Å². The Morgan fingerprint density at radius 3 is 2.56 bits per heavy atom. The number of rotatable bonds is 7. The quantitative estimate of drug-likeness (QED) is 0.698. The van der Waals surface area contributed by atoms with E-state index in [9.17, 15) is 4.79 Å². The zero-order valence-corrected chi connectivity index (χ0v) is 11.2. The van der Waals surface area contributed by atoms with Crippen LogP contribution in [-0.4, -0.2) is 42.6 Å². The van der Waals surface area contributed by atoms with Gasteiger partial charge in [-0.05, 0) is 37.7 Å². The van der Waals surface area contributed by atoms with Gasteiger partial charge in [0, 0.05) is 19.6 Å². The van der Waals surface area contributed by atoms with Crippen molar-refractivity contribution in [1.82, 2.24) is 10.2 Å². The standard InChI is InChI=1S/C12H24N2OS/c1-16-11-7-3-2-4-8-13-12(15)14-9-5-6-10-14/h2-11H2,1H3,(H,13,15). The Kier molecular flexibility index (Phi) is 7.47. The molecule has 0 bridgehead atoms. The summed E-state index contributed by atoms with van der Waals surface area (Å²) in [5.74, 6) is 1.26. The highest BCUT2D eigenvalue weighted by Crippen LogP contribution is 2.07. The van der Waals surface area contributed by atoms with Crippen molar-refractivity contribution in [2.24, 2.45) is 0 Å². The number of likely N-dealkylation sites (tertiary alicyclic amines) is 1. The molecule has 1 aliphatic rings. The summed E-state index contributed by atoms with van der Waals surface area (Å²) in [5, 5.41) is 3.00. The van der Waals surface area contributed by atoms with Crippen molar-refractivity contribution in [3.05, 3.63) is 0 Å². The van der Waals surface area contributed by atoms with Crippen LogP contribution in [0.4, 0.5) is 4.79 Å². The Morgan fingerprint density at radius 2 is 1.88 bits per heavy atom. The molecule has 1 heterocycles. The zero-order valence-electron chi connectivity index (χ0n) is 10.3.